The summed E-state index contributed by atoms with van der Waals surface area (Å²) < 4.78 is 0. The molecule has 0 saturated heterocycles. The topological polar surface area (TPSA) is 299 Å². The van der Waals surface area contributed by atoms with Gasteiger partial charge in [0.15, 0.2) is 5.96 Å². The van der Waals surface area contributed by atoms with Crippen LogP contribution in [0.2, 0.25) is 0 Å². The van der Waals surface area contributed by atoms with Crippen molar-refractivity contribution in [3.63, 3.8) is 0 Å². The van der Waals surface area contributed by atoms with Crippen molar-refractivity contribution in [2.24, 2.45) is 16.5 Å². The molecule has 0 saturated carbocycles. The summed E-state index contributed by atoms with van der Waals surface area (Å²) in [6.07, 6.45) is 0.361. The van der Waals surface area contributed by atoms with Crippen molar-refractivity contribution in [3.05, 3.63) is 110 Å². The molecule has 0 spiro atoms. The van der Waals surface area contributed by atoms with Crippen LogP contribution in [0.4, 0.5) is 17.1 Å². The minimum Gasteiger partial charge on any atom is -0.394 e. The first-order valence-electron chi connectivity index (χ1n) is 16.5. The van der Waals surface area contributed by atoms with Crippen LogP contribution in [0.25, 0.3) is 0 Å². The van der Waals surface area contributed by atoms with E-state index < -0.39 is 69.6 Å². The van der Waals surface area contributed by atoms with Crippen molar-refractivity contribution >= 4 is 46.7 Å². The second kappa shape index (κ2) is 20.9. The Kier molecular flexibility index (Phi) is 16.1. The lowest BCUT2D eigenvalue weighted by molar-refractivity contribution is -0.393. The highest BCUT2D eigenvalue weighted by Crippen LogP contribution is 2.28. The van der Waals surface area contributed by atoms with E-state index in [1.807, 2.05) is 6.07 Å². The molecular formula is C34H42N10O9. The number of nitro benzene ring substituents is 2. The fourth-order valence-electron chi connectivity index (χ4n) is 5.04. The maximum Gasteiger partial charge on any atom is 0.299 e. The molecule has 3 aromatic carbocycles. The number of rotatable bonds is 21. The van der Waals surface area contributed by atoms with Gasteiger partial charge in [0.1, 0.15) is 23.8 Å². The molecule has 0 aliphatic rings. The van der Waals surface area contributed by atoms with Crippen LogP contribution in [0, 0.1) is 20.2 Å². The number of nitrogens with one attached hydrogen (secondary N) is 5. The van der Waals surface area contributed by atoms with Crippen LogP contribution in [0.1, 0.15) is 24.0 Å². The van der Waals surface area contributed by atoms with Gasteiger partial charge in [0, 0.05) is 32.1 Å². The first-order valence-corrected chi connectivity index (χ1v) is 16.5. The number of anilines is 1. The molecule has 3 rings (SSSR count). The number of nitrogens with zero attached hydrogens (tertiary/aromatic N) is 3. The van der Waals surface area contributed by atoms with E-state index in [-0.39, 0.29) is 57.0 Å². The van der Waals surface area contributed by atoms with Crippen LogP contribution in [0.15, 0.2) is 83.9 Å². The fourth-order valence-corrected chi connectivity index (χ4v) is 5.04. The van der Waals surface area contributed by atoms with E-state index >= 15 is 0 Å². The summed E-state index contributed by atoms with van der Waals surface area (Å²) in [5, 5.41) is 45.6. The number of aliphatic hydroxyl groups is 1. The molecule has 282 valence electrons. The molecular weight excluding hydrogens is 692 g/mol. The van der Waals surface area contributed by atoms with Crippen LogP contribution in [-0.4, -0.2) is 88.9 Å². The van der Waals surface area contributed by atoms with Crippen LogP contribution in [-0.2, 0) is 32.0 Å². The fraction of sp³-hybridized carbons (Fsp3) is 0.324. The summed E-state index contributed by atoms with van der Waals surface area (Å²) >= 11 is 0. The Labute approximate surface area is 303 Å². The van der Waals surface area contributed by atoms with Gasteiger partial charge in [-0.1, -0.05) is 60.7 Å². The standard InChI is InChI=1S/C34H42N10O9/c35-34(36)39-15-7-12-26(31(47)38-17-16-37-25-14-13-24(43(50)51)20-29(25)44(52)53)41-33(49)28(21-45)42-32(48)27(18-22-8-3-1-4-9-22)40-30(46)19-23-10-5-2-6-11-23/h1-6,8-11,13-14,20,26-28,37,45H,7,12,15-19,21H2,(H,38,47)(H,40,46)(H,41,49)(H,42,48)(H4,35,36,39)/t26-,27-,28-/m0/s1. The average Bonchev–Trinajstić information content (AvgIpc) is 3.13. The molecule has 19 heteroatoms. The van der Waals surface area contributed by atoms with Gasteiger partial charge in [0.25, 0.3) is 11.4 Å². The number of guanidine groups is 1. The summed E-state index contributed by atoms with van der Waals surface area (Å²) in [4.78, 5) is 77.7. The van der Waals surface area contributed by atoms with Crippen molar-refractivity contribution in [2.75, 3.05) is 31.6 Å². The number of nitro groups is 2. The summed E-state index contributed by atoms with van der Waals surface area (Å²) in [6.45, 7) is -0.838. The predicted octanol–water partition coefficient (Wildman–Crippen LogP) is 0.0168. The van der Waals surface area contributed by atoms with Gasteiger partial charge < -0.3 is 43.2 Å². The molecule has 0 aliphatic carbocycles. The van der Waals surface area contributed by atoms with Crippen LogP contribution in [0.3, 0.4) is 0 Å². The van der Waals surface area contributed by atoms with Gasteiger partial charge in [-0.25, -0.2) is 0 Å². The molecule has 0 aliphatic heterocycles. The number of carbonyl (C=O) groups is 4. The maximum atomic E-state index is 13.5. The third kappa shape index (κ3) is 13.9. The van der Waals surface area contributed by atoms with Crippen molar-refractivity contribution in [2.45, 2.75) is 43.8 Å². The second-order valence-electron chi connectivity index (χ2n) is 11.7. The zero-order valence-electron chi connectivity index (χ0n) is 28.6. The molecule has 0 heterocycles. The lowest BCUT2D eigenvalue weighted by Crippen LogP contribution is -2.58. The largest absolute Gasteiger partial charge is 0.394 e. The van der Waals surface area contributed by atoms with Gasteiger partial charge in [-0.05, 0) is 30.0 Å². The highest BCUT2D eigenvalue weighted by molar-refractivity contribution is 5.94. The SMILES string of the molecule is NC(N)=NCCC[C@H](NC(=O)[C@H](CO)NC(=O)[C@H](Cc1ccccc1)NC(=O)Cc1ccccc1)C(=O)NCCNc1ccc([N+](=O)[O-])cc1[N+](=O)[O-]. The molecule has 4 amide bonds. The lowest BCUT2D eigenvalue weighted by Gasteiger charge is -2.24. The minimum absolute atomic E-state index is 0.000254. The summed E-state index contributed by atoms with van der Waals surface area (Å²) in [5.41, 5.74) is 11.2. The number of carbonyl (C=O) groups excluding carboxylic acids is 4. The molecule has 53 heavy (non-hydrogen) atoms. The Bertz CT molecular complexity index is 1760. The first kappa shape index (κ1) is 40.8. The number of benzene rings is 3. The predicted molar refractivity (Wildman–Crippen MR) is 194 cm³/mol. The van der Waals surface area contributed by atoms with E-state index in [1.165, 1.54) is 6.07 Å². The zero-order valence-corrected chi connectivity index (χ0v) is 28.6. The molecule has 3 aromatic rings. The number of non-ortho nitro benzene ring substituents is 1. The third-order valence-electron chi connectivity index (χ3n) is 7.66. The Morgan fingerprint density at radius 1 is 0.755 bits per heavy atom. The van der Waals surface area contributed by atoms with Gasteiger partial charge >= 0.3 is 0 Å². The summed E-state index contributed by atoms with van der Waals surface area (Å²) in [6, 6.07) is 17.0. The minimum atomic E-state index is -1.51. The third-order valence-corrected chi connectivity index (χ3v) is 7.66. The molecule has 10 N–H and O–H groups in total. The van der Waals surface area contributed by atoms with E-state index in [4.69, 9.17) is 11.5 Å². The normalized spacial score (nSPS) is 12.2. The van der Waals surface area contributed by atoms with E-state index in [9.17, 15) is 44.5 Å². The van der Waals surface area contributed by atoms with Crippen LogP contribution in [0.5, 0.6) is 0 Å². The monoisotopic (exact) mass is 734 g/mol. The molecule has 19 nitrogen and oxygen atoms in total. The number of hydrogen-bond donors (Lipinski definition) is 8. The molecule has 0 aromatic heterocycles. The maximum absolute atomic E-state index is 13.5. The van der Waals surface area contributed by atoms with E-state index in [0.717, 1.165) is 23.3 Å². The number of amides is 4. The highest BCUT2D eigenvalue weighted by atomic mass is 16.6. The van der Waals surface area contributed by atoms with E-state index in [1.54, 1.807) is 54.6 Å². The molecule has 0 unspecified atom stereocenters. The van der Waals surface area contributed by atoms with Gasteiger partial charge in [0.05, 0.1) is 28.9 Å². The Hall–Kier alpha value is -6.63. The molecule has 3 atom stereocenters. The number of aliphatic imine (C=N–C) groups is 1. The molecule has 0 bridgehead atoms. The van der Waals surface area contributed by atoms with Crippen molar-refractivity contribution in [3.8, 4) is 0 Å². The molecule has 0 radical (unpaired) electrons. The summed E-state index contributed by atoms with van der Waals surface area (Å²) in [5.74, 6) is -2.92. The van der Waals surface area contributed by atoms with Gasteiger partial charge in [-0.15, -0.1) is 0 Å². The van der Waals surface area contributed by atoms with Gasteiger partial charge in [-0.3, -0.25) is 44.4 Å². The van der Waals surface area contributed by atoms with Crippen LogP contribution >= 0.6 is 0 Å². The quantitative estimate of drug-likeness (QED) is 0.0236. The van der Waals surface area contributed by atoms with Crippen molar-refractivity contribution in [1.82, 2.24) is 21.3 Å². The van der Waals surface area contributed by atoms with Crippen molar-refractivity contribution in [1.29, 1.82) is 0 Å². The Morgan fingerprint density at radius 2 is 1.38 bits per heavy atom. The Balaban J connectivity index is 1.67. The average molecular weight is 735 g/mol. The smallest absolute Gasteiger partial charge is 0.299 e. The number of hydrogen-bond acceptors (Lipinski definition) is 11. The lowest BCUT2D eigenvalue weighted by atomic mass is 10.0. The van der Waals surface area contributed by atoms with E-state index in [2.05, 4.69) is 31.6 Å². The number of aliphatic hydroxyl groups excluding tert-OH is 1. The first-order chi connectivity index (χ1) is 25.4. The zero-order chi connectivity index (χ0) is 38.8. The second-order valence-corrected chi connectivity index (χ2v) is 11.7. The van der Waals surface area contributed by atoms with Gasteiger partial charge in [0.2, 0.25) is 23.6 Å². The molecule has 0 fully saturated rings. The number of nitrogens with two attached hydrogens (primary N) is 2. The van der Waals surface area contributed by atoms with Crippen molar-refractivity contribution < 1.29 is 34.1 Å². The van der Waals surface area contributed by atoms with Crippen LogP contribution < -0.4 is 38.1 Å². The van der Waals surface area contributed by atoms with E-state index in [0.29, 0.717) is 0 Å². The van der Waals surface area contributed by atoms with Gasteiger partial charge in [-0.2, -0.15) is 0 Å². The Morgan fingerprint density at radius 3 is 1.98 bits per heavy atom. The highest BCUT2D eigenvalue weighted by Gasteiger charge is 2.29. The summed E-state index contributed by atoms with van der Waals surface area (Å²) in [7, 11) is 0.